The van der Waals surface area contributed by atoms with Gasteiger partial charge in [-0.2, -0.15) is 0 Å². The van der Waals surface area contributed by atoms with Gasteiger partial charge in [0, 0.05) is 19.5 Å². The average Bonchev–Trinajstić information content (AvgIpc) is 3.59. The second-order valence-corrected chi connectivity index (χ2v) is 9.06. The maximum atomic E-state index is 13.4. The SMILES string of the molecule is COc1cc(CCC(=O)NCC(=O)N2CCCN2C(=O)C2(c3ccccc3)CC2)cc(OC)c1OC. The Bertz CT molecular complexity index is 1090. The summed E-state index contributed by atoms with van der Waals surface area (Å²) in [5.41, 5.74) is 1.31. The lowest BCUT2D eigenvalue weighted by Crippen LogP contribution is -2.51. The largest absolute Gasteiger partial charge is 0.493 e. The lowest BCUT2D eigenvalue weighted by atomic mass is 9.95. The van der Waals surface area contributed by atoms with Crippen molar-refractivity contribution in [1.82, 2.24) is 15.3 Å². The molecule has 9 nitrogen and oxygen atoms in total. The molecule has 1 saturated heterocycles. The van der Waals surface area contributed by atoms with Crippen molar-refractivity contribution in [2.45, 2.75) is 37.5 Å². The molecule has 0 atom stereocenters. The average molecular weight is 496 g/mol. The zero-order valence-corrected chi connectivity index (χ0v) is 21.0. The van der Waals surface area contributed by atoms with E-state index < -0.39 is 5.41 Å². The first-order chi connectivity index (χ1) is 17.4. The van der Waals surface area contributed by atoms with Gasteiger partial charge in [-0.25, -0.2) is 5.01 Å². The number of carbonyl (C=O) groups excluding carboxylic acids is 3. The van der Waals surface area contributed by atoms with E-state index in [0.29, 0.717) is 36.8 Å². The molecule has 2 aromatic rings. The molecule has 1 aliphatic heterocycles. The molecule has 192 valence electrons. The molecule has 4 rings (SSSR count). The van der Waals surface area contributed by atoms with Crippen molar-refractivity contribution < 1.29 is 28.6 Å². The maximum Gasteiger partial charge on any atom is 0.260 e. The van der Waals surface area contributed by atoms with Crippen molar-refractivity contribution in [3.63, 3.8) is 0 Å². The molecule has 2 aromatic carbocycles. The number of hydrazine groups is 1. The zero-order valence-electron chi connectivity index (χ0n) is 21.0. The summed E-state index contributed by atoms with van der Waals surface area (Å²) in [4.78, 5) is 38.8. The highest BCUT2D eigenvalue weighted by Crippen LogP contribution is 2.50. The smallest absolute Gasteiger partial charge is 0.260 e. The number of carbonyl (C=O) groups is 3. The molecular weight excluding hydrogens is 462 g/mol. The first kappa shape index (κ1) is 25.3. The highest BCUT2D eigenvalue weighted by atomic mass is 16.5. The van der Waals surface area contributed by atoms with Crippen LogP contribution in [0.4, 0.5) is 0 Å². The number of rotatable bonds is 10. The highest BCUT2D eigenvalue weighted by Gasteiger charge is 2.54. The summed E-state index contributed by atoms with van der Waals surface area (Å²) < 4.78 is 16.0. The van der Waals surface area contributed by atoms with Gasteiger partial charge in [0.15, 0.2) is 11.5 Å². The van der Waals surface area contributed by atoms with Crippen molar-refractivity contribution in [2.24, 2.45) is 0 Å². The number of nitrogens with one attached hydrogen (secondary N) is 1. The van der Waals surface area contributed by atoms with Gasteiger partial charge in [-0.3, -0.25) is 19.4 Å². The van der Waals surface area contributed by atoms with Gasteiger partial charge in [-0.1, -0.05) is 30.3 Å². The second kappa shape index (κ2) is 10.9. The van der Waals surface area contributed by atoms with Crippen LogP contribution in [0.5, 0.6) is 17.2 Å². The van der Waals surface area contributed by atoms with Crippen LogP contribution >= 0.6 is 0 Å². The predicted molar refractivity (Wildman–Crippen MR) is 133 cm³/mol. The second-order valence-electron chi connectivity index (χ2n) is 9.06. The fourth-order valence-electron chi connectivity index (χ4n) is 4.73. The summed E-state index contributed by atoms with van der Waals surface area (Å²) in [6.07, 6.45) is 2.91. The van der Waals surface area contributed by atoms with E-state index in [1.165, 1.54) is 26.3 Å². The van der Waals surface area contributed by atoms with Crippen LogP contribution in [-0.4, -0.2) is 68.7 Å². The normalized spacial score (nSPS) is 15.9. The third-order valence-corrected chi connectivity index (χ3v) is 6.84. The summed E-state index contributed by atoms with van der Waals surface area (Å²) in [6, 6.07) is 13.3. The van der Waals surface area contributed by atoms with E-state index in [4.69, 9.17) is 14.2 Å². The number of benzene rings is 2. The van der Waals surface area contributed by atoms with Crippen LogP contribution in [0.2, 0.25) is 0 Å². The van der Waals surface area contributed by atoms with Crippen molar-refractivity contribution in [1.29, 1.82) is 0 Å². The topological polar surface area (TPSA) is 97.4 Å². The minimum Gasteiger partial charge on any atom is -0.493 e. The number of ether oxygens (including phenoxy) is 3. The quantitative estimate of drug-likeness (QED) is 0.544. The van der Waals surface area contributed by atoms with E-state index in [1.807, 2.05) is 30.3 Å². The molecule has 0 spiro atoms. The Morgan fingerprint density at radius 1 is 0.917 bits per heavy atom. The molecule has 2 fully saturated rings. The Balaban J connectivity index is 1.31. The Morgan fingerprint density at radius 3 is 2.14 bits per heavy atom. The summed E-state index contributed by atoms with van der Waals surface area (Å²) in [6.45, 7) is 0.821. The van der Waals surface area contributed by atoms with Crippen molar-refractivity contribution >= 4 is 17.7 Å². The number of hydrogen-bond donors (Lipinski definition) is 1. The van der Waals surface area contributed by atoms with Gasteiger partial charge in [0.05, 0.1) is 33.3 Å². The Kier molecular flexibility index (Phi) is 7.67. The molecular formula is C27H33N3O6. The van der Waals surface area contributed by atoms with E-state index >= 15 is 0 Å². The summed E-state index contributed by atoms with van der Waals surface area (Å²) in [5, 5.41) is 5.76. The van der Waals surface area contributed by atoms with E-state index in [9.17, 15) is 14.4 Å². The highest BCUT2D eigenvalue weighted by molar-refractivity contribution is 5.94. The minimum atomic E-state index is -0.534. The van der Waals surface area contributed by atoms with Crippen LogP contribution in [-0.2, 0) is 26.2 Å². The van der Waals surface area contributed by atoms with Crippen LogP contribution in [0.1, 0.15) is 36.8 Å². The maximum absolute atomic E-state index is 13.4. The van der Waals surface area contributed by atoms with Gasteiger partial charge in [0.1, 0.15) is 0 Å². The van der Waals surface area contributed by atoms with Crippen LogP contribution < -0.4 is 19.5 Å². The number of methoxy groups -OCH3 is 3. The van der Waals surface area contributed by atoms with Gasteiger partial charge < -0.3 is 19.5 Å². The van der Waals surface area contributed by atoms with Crippen molar-refractivity contribution in [3.8, 4) is 17.2 Å². The first-order valence-electron chi connectivity index (χ1n) is 12.2. The number of aryl methyl sites for hydroxylation is 1. The van der Waals surface area contributed by atoms with Crippen molar-refractivity contribution in [2.75, 3.05) is 41.0 Å². The Labute approximate surface area is 211 Å². The first-order valence-corrected chi connectivity index (χ1v) is 12.2. The molecule has 1 N–H and O–H groups in total. The minimum absolute atomic E-state index is 0.0340. The predicted octanol–water partition coefficient (Wildman–Crippen LogP) is 2.47. The van der Waals surface area contributed by atoms with Crippen molar-refractivity contribution in [3.05, 3.63) is 53.6 Å². The number of nitrogens with zero attached hydrogens (tertiary/aromatic N) is 2. The molecule has 2 aliphatic rings. The van der Waals surface area contributed by atoms with Crippen LogP contribution in [0.15, 0.2) is 42.5 Å². The summed E-state index contributed by atoms with van der Waals surface area (Å²) in [7, 11) is 4.61. The van der Waals surface area contributed by atoms with Gasteiger partial charge in [-0.05, 0) is 48.9 Å². The van der Waals surface area contributed by atoms with Gasteiger partial charge in [0.25, 0.3) is 11.8 Å². The third kappa shape index (κ3) is 5.10. The molecule has 0 radical (unpaired) electrons. The fourth-order valence-corrected chi connectivity index (χ4v) is 4.73. The molecule has 0 bridgehead atoms. The molecule has 0 unspecified atom stereocenters. The lowest BCUT2D eigenvalue weighted by molar-refractivity contribution is -0.159. The number of hydrogen-bond acceptors (Lipinski definition) is 6. The molecule has 3 amide bonds. The third-order valence-electron chi connectivity index (χ3n) is 6.84. The monoisotopic (exact) mass is 495 g/mol. The van der Waals surface area contributed by atoms with Crippen LogP contribution in [0, 0.1) is 0 Å². The van der Waals surface area contributed by atoms with Gasteiger partial charge in [0.2, 0.25) is 11.7 Å². The van der Waals surface area contributed by atoms with Crippen LogP contribution in [0.25, 0.3) is 0 Å². The summed E-state index contributed by atoms with van der Waals surface area (Å²) >= 11 is 0. The zero-order chi connectivity index (χ0) is 25.7. The standard InChI is InChI=1S/C27H33N3O6/c1-34-21-16-19(17-22(35-2)25(21)36-3)10-11-23(31)28-18-24(32)29-14-7-15-30(29)26(33)27(12-13-27)20-8-5-4-6-9-20/h4-6,8-9,16-17H,7,10-15,18H2,1-3H3,(H,28,31). The molecule has 0 aromatic heterocycles. The van der Waals surface area contributed by atoms with E-state index in [-0.39, 0.29) is 30.7 Å². The molecule has 36 heavy (non-hydrogen) atoms. The molecule has 1 heterocycles. The van der Waals surface area contributed by atoms with Crippen LogP contribution in [0.3, 0.4) is 0 Å². The van der Waals surface area contributed by atoms with Gasteiger partial charge >= 0.3 is 0 Å². The Hall–Kier alpha value is -3.75. The number of amides is 3. The molecule has 9 heteroatoms. The molecule has 1 saturated carbocycles. The van der Waals surface area contributed by atoms with E-state index in [1.54, 1.807) is 17.1 Å². The molecule has 1 aliphatic carbocycles. The summed E-state index contributed by atoms with van der Waals surface area (Å²) in [5.74, 6) is 0.954. The van der Waals surface area contributed by atoms with Gasteiger partial charge in [-0.15, -0.1) is 0 Å². The van der Waals surface area contributed by atoms with E-state index in [2.05, 4.69) is 5.32 Å². The van der Waals surface area contributed by atoms with E-state index in [0.717, 1.165) is 30.4 Å². The fraction of sp³-hybridized carbons (Fsp3) is 0.444. The lowest BCUT2D eigenvalue weighted by Gasteiger charge is -2.31. The Morgan fingerprint density at radius 2 is 1.56 bits per heavy atom.